The van der Waals surface area contributed by atoms with Gasteiger partial charge in [-0.15, -0.1) is 11.3 Å². The molecule has 3 aromatic heterocycles. The number of nitrogens with zero attached hydrogens (tertiary/aromatic N) is 2. The highest BCUT2D eigenvalue weighted by Crippen LogP contribution is 2.41. The molecule has 1 fully saturated rings. The Bertz CT molecular complexity index is 1320. The summed E-state index contributed by atoms with van der Waals surface area (Å²) in [5.41, 5.74) is 7.46. The summed E-state index contributed by atoms with van der Waals surface area (Å²) in [5, 5.41) is 6.48. The number of carbonyl (C=O) groups is 1. The Balaban J connectivity index is 1.44. The summed E-state index contributed by atoms with van der Waals surface area (Å²) < 4.78 is 12.9. The number of rotatable bonds is 6. The highest BCUT2D eigenvalue weighted by molar-refractivity contribution is 7.16. The summed E-state index contributed by atoms with van der Waals surface area (Å²) in [4.78, 5) is 25.2. The first kappa shape index (κ1) is 20.2. The molecule has 0 spiro atoms. The maximum atomic E-state index is 12.9. The Hall–Kier alpha value is -3.43. The summed E-state index contributed by atoms with van der Waals surface area (Å²) in [6.45, 7) is 1.86. The molecule has 0 saturated carbocycles. The van der Waals surface area contributed by atoms with Crippen molar-refractivity contribution in [3.05, 3.63) is 53.4 Å². The number of fused-ring (bicyclic) bond motifs is 2. The molecule has 6 rings (SSSR count). The van der Waals surface area contributed by atoms with E-state index in [-0.39, 0.29) is 12.0 Å². The molecule has 2 aliphatic rings. The van der Waals surface area contributed by atoms with E-state index in [1.165, 1.54) is 0 Å². The predicted octanol–water partition coefficient (Wildman–Crippen LogP) is 4.27. The van der Waals surface area contributed by atoms with Crippen molar-refractivity contribution in [2.45, 2.75) is 25.4 Å². The lowest BCUT2D eigenvalue weighted by molar-refractivity contribution is 0.0680. The fourth-order valence-corrected chi connectivity index (χ4v) is 5.19. The average molecular weight is 462 g/mol. The van der Waals surface area contributed by atoms with E-state index in [4.69, 9.17) is 9.47 Å². The lowest BCUT2D eigenvalue weighted by atomic mass is 10.0. The van der Waals surface area contributed by atoms with Crippen LogP contribution in [-0.2, 0) is 11.2 Å². The van der Waals surface area contributed by atoms with Crippen LogP contribution in [0.5, 0.6) is 5.75 Å². The standard InChI is InChI=1S/C24H23N5O3S/c30-24-20-16(7-9-26-24)28-21(23(20)29-17-4-1-5-19-22(17)27-13-33-19)15-6-8-25-11-18(15)32-12-14-3-2-10-31-14/h1,4-6,8,11,13-14,28-29H,2-3,7,9-10,12H2,(H,26,30). The van der Waals surface area contributed by atoms with Crippen LogP contribution in [0.2, 0.25) is 0 Å². The zero-order valence-electron chi connectivity index (χ0n) is 17.9. The van der Waals surface area contributed by atoms with Gasteiger partial charge >= 0.3 is 0 Å². The molecule has 1 amide bonds. The van der Waals surface area contributed by atoms with Gasteiger partial charge in [-0.25, -0.2) is 4.98 Å². The van der Waals surface area contributed by atoms with Crippen molar-refractivity contribution in [1.82, 2.24) is 20.3 Å². The molecule has 3 N–H and O–H groups in total. The molecule has 1 saturated heterocycles. The number of benzene rings is 1. The Labute approximate surface area is 194 Å². The minimum absolute atomic E-state index is 0.0948. The third kappa shape index (κ3) is 3.73. The number of aromatic nitrogens is 3. The molecule has 168 valence electrons. The summed E-state index contributed by atoms with van der Waals surface area (Å²) in [7, 11) is 0. The third-order valence-corrected chi connectivity index (χ3v) is 6.88. The molecule has 5 heterocycles. The number of aromatic amines is 1. The summed E-state index contributed by atoms with van der Waals surface area (Å²) >= 11 is 1.59. The predicted molar refractivity (Wildman–Crippen MR) is 127 cm³/mol. The van der Waals surface area contributed by atoms with Crippen molar-refractivity contribution in [1.29, 1.82) is 0 Å². The second-order valence-electron chi connectivity index (χ2n) is 8.18. The van der Waals surface area contributed by atoms with Gasteiger partial charge in [0.1, 0.15) is 17.9 Å². The van der Waals surface area contributed by atoms with Crippen molar-refractivity contribution in [3.8, 4) is 17.0 Å². The third-order valence-electron chi connectivity index (χ3n) is 6.09. The SMILES string of the molecule is O=C1NCCc2[nH]c(-c3ccncc3OCC3CCCO3)c(Nc3cccc4scnc34)c21. The van der Waals surface area contributed by atoms with Gasteiger partial charge in [0.25, 0.3) is 5.91 Å². The Morgan fingerprint density at radius 3 is 3.18 bits per heavy atom. The lowest BCUT2D eigenvalue weighted by Crippen LogP contribution is -2.31. The van der Waals surface area contributed by atoms with Crippen molar-refractivity contribution >= 4 is 38.8 Å². The quantitative estimate of drug-likeness (QED) is 0.396. The Kier molecular flexibility index (Phi) is 5.20. The molecule has 1 unspecified atom stereocenters. The molecule has 1 atom stereocenters. The topological polar surface area (TPSA) is 101 Å². The first-order valence-electron chi connectivity index (χ1n) is 11.1. The van der Waals surface area contributed by atoms with Crippen LogP contribution < -0.4 is 15.4 Å². The van der Waals surface area contributed by atoms with Crippen LogP contribution >= 0.6 is 11.3 Å². The van der Waals surface area contributed by atoms with E-state index in [1.807, 2.05) is 29.8 Å². The molecule has 0 aliphatic carbocycles. The second kappa shape index (κ2) is 8.49. The first-order chi connectivity index (χ1) is 16.3. The van der Waals surface area contributed by atoms with E-state index in [0.29, 0.717) is 24.5 Å². The average Bonchev–Trinajstić information content (AvgIpc) is 3.59. The molecular weight excluding hydrogens is 438 g/mol. The van der Waals surface area contributed by atoms with Crippen LogP contribution in [0.25, 0.3) is 21.5 Å². The number of H-pyrrole nitrogens is 1. The molecule has 1 aromatic carbocycles. The van der Waals surface area contributed by atoms with E-state index in [2.05, 4.69) is 25.6 Å². The van der Waals surface area contributed by atoms with E-state index >= 15 is 0 Å². The molecular formula is C24H23N5O3S. The lowest BCUT2D eigenvalue weighted by Gasteiger charge is -2.16. The van der Waals surface area contributed by atoms with Crippen molar-refractivity contribution in [2.24, 2.45) is 0 Å². The second-order valence-corrected chi connectivity index (χ2v) is 9.07. The maximum Gasteiger partial charge on any atom is 0.255 e. The number of hydrogen-bond acceptors (Lipinski definition) is 7. The van der Waals surface area contributed by atoms with E-state index in [1.54, 1.807) is 23.7 Å². The van der Waals surface area contributed by atoms with Gasteiger partial charge in [-0.1, -0.05) is 6.07 Å². The van der Waals surface area contributed by atoms with Gasteiger partial charge < -0.3 is 25.1 Å². The van der Waals surface area contributed by atoms with Crippen LogP contribution in [0.3, 0.4) is 0 Å². The number of pyridine rings is 1. The molecule has 9 heteroatoms. The minimum Gasteiger partial charge on any atom is -0.489 e. The van der Waals surface area contributed by atoms with Crippen LogP contribution in [0.4, 0.5) is 11.4 Å². The number of para-hydroxylation sites is 1. The van der Waals surface area contributed by atoms with Gasteiger partial charge in [0.15, 0.2) is 0 Å². The number of ether oxygens (including phenoxy) is 2. The zero-order chi connectivity index (χ0) is 22.2. The van der Waals surface area contributed by atoms with Crippen molar-refractivity contribution in [3.63, 3.8) is 0 Å². The van der Waals surface area contributed by atoms with Crippen LogP contribution in [-0.4, -0.2) is 46.7 Å². The highest BCUT2D eigenvalue weighted by Gasteiger charge is 2.29. The molecule has 2 aliphatic heterocycles. The fourth-order valence-electron chi connectivity index (χ4n) is 4.49. The molecule has 33 heavy (non-hydrogen) atoms. The summed E-state index contributed by atoms with van der Waals surface area (Å²) in [5.74, 6) is 0.560. The number of thiazole rings is 1. The maximum absolute atomic E-state index is 12.9. The van der Waals surface area contributed by atoms with Gasteiger partial charge in [0, 0.05) is 37.0 Å². The first-order valence-corrected chi connectivity index (χ1v) is 12.0. The normalized spacial score (nSPS) is 17.7. The van der Waals surface area contributed by atoms with Crippen LogP contribution in [0, 0.1) is 0 Å². The van der Waals surface area contributed by atoms with Gasteiger partial charge in [-0.05, 0) is 31.0 Å². The highest BCUT2D eigenvalue weighted by atomic mass is 32.1. The van der Waals surface area contributed by atoms with Gasteiger partial charge in [-0.2, -0.15) is 0 Å². The number of amides is 1. The van der Waals surface area contributed by atoms with E-state index in [9.17, 15) is 4.79 Å². The van der Waals surface area contributed by atoms with Gasteiger partial charge in [-0.3, -0.25) is 9.78 Å². The minimum atomic E-state index is -0.0948. The largest absolute Gasteiger partial charge is 0.489 e. The molecule has 8 nitrogen and oxygen atoms in total. The number of nitrogens with one attached hydrogen (secondary N) is 3. The number of hydrogen-bond donors (Lipinski definition) is 3. The number of carbonyl (C=O) groups excluding carboxylic acids is 1. The van der Waals surface area contributed by atoms with E-state index < -0.39 is 0 Å². The van der Waals surface area contributed by atoms with Gasteiger partial charge in [0.2, 0.25) is 0 Å². The summed E-state index contributed by atoms with van der Waals surface area (Å²) in [6.07, 6.45) is 6.34. The number of anilines is 2. The van der Waals surface area contributed by atoms with Gasteiger partial charge in [0.05, 0.1) is 45.1 Å². The molecule has 4 aromatic rings. The molecule has 0 radical (unpaired) electrons. The fraction of sp³-hybridized carbons (Fsp3) is 0.292. The Morgan fingerprint density at radius 2 is 2.27 bits per heavy atom. The summed E-state index contributed by atoms with van der Waals surface area (Å²) in [6, 6.07) is 7.92. The van der Waals surface area contributed by atoms with Crippen molar-refractivity contribution in [2.75, 3.05) is 25.1 Å². The van der Waals surface area contributed by atoms with Crippen molar-refractivity contribution < 1.29 is 14.3 Å². The Morgan fingerprint density at radius 1 is 1.30 bits per heavy atom. The zero-order valence-corrected chi connectivity index (χ0v) is 18.7. The van der Waals surface area contributed by atoms with Crippen LogP contribution in [0.15, 0.2) is 42.2 Å². The smallest absolute Gasteiger partial charge is 0.255 e. The van der Waals surface area contributed by atoms with Crippen LogP contribution in [0.1, 0.15) is 28.9 Å². The molecule has 0 bridgehead atoms. The van der Waals surface area contributed by atoms with E-state index in [0.717, 1.165) is 64.4 Å². The monoisotopic (exact) mass is 461 g/mol.